The lowest BCUT2D eigenvalue weighted by molar-refractivity contribution is -0.118. The van der Waals surface area contributed by atoms with Crippen molar-refractivity contribution < 1.29 is 4.79 Å². The molecule has 0 saturated heterocycles. The van der Waals surface area contributed by atoms with Gasteiger partial charge in [-0.15, -0.1) is 16.8 Å². The van der Waals surface area contributed by atoms with E-state index < -0.39 is 0 Å². The lowest BCUT2D eigenvalue weighted by Crippen LogP contribution is -2.21. The van der Waals surface area contributed by atoms with Crippen LogP contribution in [0.4, 0.5) is 5.69 Å². The number of hydrogen-bond donors (Lipinski definition) is 2. The summed E-state index contributed by atoms with van der Waals surface area (Å²) in [6, 6.07) is 22.1. The highest BCUT2D eigenvalue weighted by atomic mass is 79.9. The molecule has 4 aromatic rings. The van der Waals surface area contributed by atoms with Gasteiger partial charge in [0.05, 0.1) is 18.0 Å². The highest BCUT2D eigenvalue weighted by Gasteiger charge is 2.14. The smallest absolute Gasteiger partial charge is 0.250 e. The topological polar surface area (TPSA) is 84.2 Å². The van der Waals surface area contributed by atoms with E-state index in [0.29, 0.717) is 18.2 Å². The fourth-order valence-corrected chi connectivity index (χ4v) is 4.51. The molecule has 0 unspecified atom stereocenters. The summed E-state index contributed by atoms with van der Waals surface area (Å²) in [5, 5.41) is 19.3. The van der Waals surface area contributed by atoms with Gasteiger partial charge in [0, 0.05) is 22.1 Å². The molecule has 0 aliphatic carbocycles. The predicted octanol–water partition coefficient (Wildman–Crippen LogP) is 5.62. The summed E-state index contributed by atoms with van der Waals surface area (Å²) in [5.41, 5.74) is 5.31. The third-order valence-corrected chi connectivity index (χ3v) is 6.77. The number of carbonyl (C=O) groups excluding carboxylic acids is 1. The van der Waals surface area contributed by atoms with Crippen molar-refractivity contribution in [2.75, 3.05) is 11.1 Å². The van der Waals surface area contributed by atoms with Crippen LogP contribution in [0.3, 0.4) is 0 Å². The Hall–Kier alpha value is -3.43. The average molecular weight is 549 g/mol. The van der Waals surface area contributed by atoms with Crippen molar-refractivity contribution in [3.8, 4) is 0 Å². The summed E-state index contributed by atoms with van der Waals surface area (Å²) in [6.07, 6.45) is 1.79. The van der Waals surface area contributed by atoms with Gasteiger partial charge in [-0.1, -0.05) is 82.3 Å². The van der Waals surface area contributed by atoms with Gasteiger partial charge in [-0.3, -0.25) is 4.79 Å². The van der Waals surface area contributed by atoms with E-state index in [2.05, 4.69) is 66.7 Å². The van der Waals surface area contributed by atoms with E-state index in [1.54, 1.807) is 6.08 Å². The van der Waals surface area contributed by atoms with Gasteiger partial charge in [0.25, 0.3) is 5.91 Å². The molecule has 4 rings (SSSR count). The normalized spacial score (nSPS) is 11.4. The third-order valence-electron chi connectivity index (χ3n) is 5.27. The zero-order chi connectivity index (χ0) is 24.6. The van der Waals surface area contributed by atoms with E-state index in [1.165, 1.54) is 17.1 Å². The second-order valence-corrected chi connectivity index (χ2v) is 9.56. The van der Waals surface area contributed by atoms with Gasteiger partial charge in [0.15, 0.2) is 11.0 Å². The number of carbonyl (C=O) groups is 1. The van der Waals surface area contributed by atoms with Gasteiger partial charge in [0.2, 0.25) is 0 Å². The third kappa shape index (κ3) is 6.37. The number of amides is 1. The van der Waals surface area contributed by atoms with Crippen LogP contribution in [0.15, 0.2) is 94.1 Å². The second kappa shape index (κ2) is 11.8. The van der Waals surface area contributed by atoms with E-state index in [4.69, 9.17) is 0 Å². The van der Waals surface area contributed by atoms with Crippen molar-refractivity contribution in [2.45, 2.75) is 25.2 Å². The number of rotatable bonds is 10. The SMILES string of the molecule is C=CCn1c(CNc2cccc3ccccc23)nnc1SCC(=O)NN=C(C)c1ccc(Br)cc1. The van der Waals surface area contributed by atoms with Crippen LogP contribution in [0, 0.1) is 0 Å². The van der Waals surface area contributed by atoms with Crippen molar-refractivity contribution in [1.82, 2.24) is 20.2 Å². The first kappa shape index (κ1) is 24.7. The Morgan fingerprint density at radius 2 is 1.89 bits per heavy atom. The number of allylic oxidation sites excluding steroid dienone is 1. The summed E-state index contributed by atoms with van der Waals surface area (Å²) < 4.78 is 2.95. The lowest BCUT2D eigenvalue weighted by atomic mass is 10.1. The van der Waals surface area contributed by atoms with Crippen LogP contribution < -0.4 is 10.7 Å². The standard InChI is InChI=1S/C26H25BrN6OS/c1-3-15-33-24(16-28-23-10-6-8-20-7-4-5-9-22(20)23)30-32-26(33)35-17-25(34)31-29-18(2)19-11-13-21(27)14-12-19/h3-14,28H,1,15-17H2,2H3,(H,31,34). The molecule has 3 aromatic carbocycles. The number of aromatic nitrogens is 3. The van der Waals surface area contributed by atoms with Gasteiger partial charge >= 0.3 is 0 Å². The molecule has 0 fully saturated rings. The first-order valence-corrected chi connectivity index (χ1v) is 12.8. The Bertz CT molecular complexity index is 1360. The Morgan fingerprint density at radius 1 is 1.11 bits per heavy atom. The number of hydrogen-bond acceptors (Lipinski definition) is 6. The minimum absolute atomic E-state index is 0.170. The minimum Gasteiger partial charge on any atom is -0.377 e. The molecule has 9 heteroatoms. The number of fused-ring (bicyclic) bond motifs is 1. The molecule has 2 N–H and O–H groups in total. The molecule has 0 aliphatic heterocycles. The van der Waals surface area contributed by atoms with Crippen molar-refractivity contribution in [3.63, 3.8) is 0 Å². The highest BCUT2D eigenvalue weighted by Crippen LogP contribution is 2.24. The van der Waals surface area contributed by atoms with Crippen LogP contribution >= 0.6 is 27.7 Å². The van der Waals surface area contributed by atoms with E-state index in [0.717, 1.165) is 32.6 Å². The molecule has 1 amide bonds. The molecule has 178 valence electrons. The van der Waals surface area contributed by atoms with E-state index in [1.807, 2.05) is 60.0 Å². The first-order valence-electron chi connectivity index (χ1n) is 11.0. The van der Waals surface area contributed by atoms with Gasteiger partial charge < -0.3 is 9.88 Å². The van der Waals surface area contributed by atoms with Gasteiger partial charge in [-0.25, -0.2) is 5.43 Å². The fourth-order valence-electron chi connectivity index (χ4n) is 3.49. The molecule has 0 saturated carbocycles. The number of benzene rings is 3. The number of halogens is 1. The largest absolute Gasteiger partial charge is 0.377 e. The molecule has 0 spiro atoms. The van der Waals surface area contributed by atoms with Crippen molar-refractivity contribution >= 4 is 55.8 Å². The number of anilines is 1. The van der Waals surface area contributed by atoms with Crippen molar-refractivity contribution in [1.29, 1.82) is 0 Å². The summed E-state index contributed by atoms with van der Waals surface area (Å²) in [6.45, 7) is 6.75. The van der Waals surface area contributed by atoms with Crippen LogP contribution in [-0.4, -0.2) is 32.1 Å². The number of hydrazone groups is 1. The summed E-state index contributed by atoms with van der Waals surface area (Å²) in [7, 11) is 0. The maximum atomic E-state index is 12.4. The van der Waals surface area contributed by atoms with Crippen molar-refractivity contribution in [3.05, 3.63) is 95.2 Å². The molecule has 0 atom stereocenters. The van der Waals surface area contributed by atoms with Crippen LogP contribution in [0.2, 0.25) is 0 Å². The molecular formula is C26H25BrN6OS. The van der Waals surface area contributed by atoms with E-state index in [9.17, 15) is 4.79 Å². The summed E-state index contributed by atoms with van der Waals surface area (Å²) in [4.78, 5) is 12.4. The van der Waals surface area contributed by atoms with Gasteiger partial charge in [0.1, 0.15) is 0 Å². The van der Waals surface area contributed by atoms with E-state index in [-0.39, 0.29) is 11.7 Å². The quantitative estimate of drug-likeness (QED) is 0.116. The summed E-state index contributed by atoms with van der Waals surface area (Å²) in [5.74, 6) is 0.725. The average Bonchev–Trinajstić information content (AvgIpc) is 3.26. The molecule has 7 nitrogen and oxygen atoms in total. The Morgan fingerprint density at radius 3 is 2.69 bits per heavy atom. The number of thioether (sulfide) groups is 1. The molecule has 1 aromatic heterocycles. The van der Waals surface area contributed by atoms with Gasteiger partial charge in [-0.2, -0.15) is 5.10 Å². The van der Waals surface area contributed by atoms with Crippen LogP contribution in [0.5, 0.6) is 0 Å². The van der Waals surface area contributed by atoms with Crippen LogP contribution in [-0.2, 0) is 17.9 Å². The van der Waals surface area contributed by atoms with Crippen LogP contribution in [0.1, 0.15) is 18.3 Å². The Kier molecular flexibility index (Phi) is 8.33. The maximum Gasteiger partial charge on any atom is 0.250 e. The Balaban J connectivity index is 1.38. The van der Waals surface area contributed by atoms with Crippen molar-refractivity contribution in [2.24, 2.45) is 5.10 Å². The highest BCUT2D eigenvalue weighted by molar-refractivity contribution is 9.10. The molecule has 1 heterocycles. The Labute approximate surface area is 216 Å². The number of nitrogens with one attached hydrogen (secondary N) is 2. The minimum atomic E-state index is -0.213. The monoisotopic (exact) mass is 548 g/mol. The molecule has 0 bridgehead atoms. The lowest BCUT2D eigenvalue weighted by Gasteiger charge is -2.11. The predicted molar refractivity (Wildman–Crippen MR) is 147 cm³/mol. The second-order valence-electron chi connectivity index (χ2n) is 7.71. The molecular weight excluding hydrogens is 524 g/mol. The zero-order valence-corrected chi connectivity index (χ0v) is 21.6. The molecule has 35 heavy (non-hydrogen) atoms. The van der Waals surface area contributed by atoms with Crippen LogP contribution in [0.25, 0.3) is 10.8 Å². The molecule has 0 aliphatic rings. The number of nitrogens with zero attached hydrogens (tertiary/aromatic N) is 4. The molecule has 0 radical (unpaired) electrons. The van der Waals surface area contributed by atoms with E-state index >= 15 is 0 Å². The maximum absolute atomic E-state index is 12.4. The zero-order valence-electron chi connectivity index (χ0n) is 19.2. The van der Waals surface area contributed by atoms with Gasteiger partial charge in [-0.05, 0) is 36.1 Å². The summed E-state index contributed by atoms with van der Waals surface area (Å²) >= 11 is 4.73. The fraction of sp³-hybridized carbons (Fsp3) is 0.154. The first-order chi connectivity index (χ1) is 17.0.